The van der Waals surface area contributed by atoms with E-state index in [1.165, 1.54) is 43.1 Å². The first-order valence-corrected chi connectivity index (χ1v) is 7.55. The molecule has 0 spiro atoms. The van der Waals surface area contributed by atoms with E-state index in [4.69, 9.17) is 4.42 Å². The van der Waals surface area contributed by atoms with E-state index in [1.54, 1.807) is 10.9 Å². The van der Waals surface area contributed by atoms with Gasteiger partial charge < -0.3 is 14.5 Å². The van der Waals surface area contributed by atoms with E-state index < -0.39 is 5.97 Å². The summed E-state index contributed by atoms with van der Waals surface area (Å²) in [4.78, 5) is 14.4. The summed E-state index contributed by atoms with van der Waals surface area (Å²) in [5.74, 6) is -0.143. The molecular formula is C15H17NO3S. The molecule has 2 aromatic heterocycles. The number of furan rings is 1. The molecule has 0 bridgehead atoms. The van der Waals surface area contributed by atoms with Crippen LogP contribution in [0.25, 0.3) is 0 Å². The van der Waals surface area contributed by atoms with Crippen LogP contribution in [0.3, 0.4) is 0 Å². The van der Waals surface area contributed by atoms with Gasteiger partial charge in [-0.25, -0.2) is 4.79 Å². The lowest BCUT2D eigenvalue weighted by molar-refractivity contribution is 0.0563. The molecule has 4 nitrogen and oxygen atoms in total. The van der Waals surface area contributed by atoms with Crippen LogP contribution in [0, 0.1) is 0 Å². The first-order valence-electron chi connectivity index (χ1n) is 6.74. The second-order valence-corrected chi connectivity index (χ2v) is 6.11. The molecule has 2 aromatic rings. The van der Waals surface area contributed by atoms with Gasteiger partial charge in [0.15, 0.2) is 0 Å². The van der Waals surface area contributed by atoms with Gasteiger partial charge in [-0.05, 0) is 37.0 Å². The highest BCUT2D eigenvalue weighted by atomic mass is 32.1. The second kappa shape index (κ2) is 5.81. The first kappa shape index (κ1) is 13.4. The summed E-state index contributed by atoms with van der Waals surface area (Å²) in [6.45, 7) is 1.42. The standard InChI is InChI=1S/C15H17NO3S/c1-18-15(17)14-11(5-6-19-14)8-16-9-12-7-10-3-2-4-13(10)20-12/h5-7,16H,2-4,8-9H2,1H3. The molecule has 106 valence electrons. The van der Waals surface area contributed by atoms with Crippen molar-refractivity contribution >= 4 is 17.3 Å². The van der Waals surface area contributed by atoms with Crippen LogP contribution in [0.1, 0.15) is 37.9 Å². The predicted molar refractivity (Wildman–Crippen MR) is 76.9 cm³/mol. The molecule has 0 aromatic carbocycles. The molecule has 3 rings (SSSR count). The number of hydrogen-bond donors (Lipinski definition) is 1. The van der Waals surface area contributed by atoms with Crippen LogP contribution in [0.2, 0.25) is 0 Å². The molecule has 20 heavy (non-hydrogen) atoms. The molecule has 0 saturated heterocycles. The van der Waals surface area contributed by atoms with Crippen LogP contribution in [0.15, 0.2) is 22.8 Å². The molecular weight excluding hydrogens is 274 g/mol. The smallest absolute Gasteiger partial charge is 0.374 e. The molecule has 2 heterocycles. The van der Waals surface area contributed by atoms with Gasteiger partial charge in [-0.3, -0.25) is 0 Å². The maximum atomic E-state index is 11.5. The fourth-order valence-electron chi connectivity index (χ4n) is 2.54. The minimum atomic E-state index is -0.429. The number of ether oxygens (including phenoxy) is 1. The van der Waals surface area contributed by atoms with Crippen molar-refractivity contribution in [3.63, 3.8) is 0 Å². The molecule has 0 radical (unpaired) electrons. The van der Waals surface area contributed by atoms with Crippen molar-refractivity contribution in [2.75, 3.05) is 7.11 Å². The molecule has 1 aliphatic rings. The highest BCUT2D eigenvalue weighted by molar-refractivity contribution is 7.12. The summed E-state index contributed by atoms with van der Waals surface area (Å²) >= 11 is 1.90. The van der Waals surface area contributed by atoms with E-state index in [2.05, 4.69) is 16.1 Å². The fourth-order valence-corrected chi connectivity index (χ4v) is 3.78. The Hall–Kier alpha value is -1.59. The topological polar surface area (TPSA) is 51.5 Å². The van der Waals surface area contributed by atoms with Gasteiger partial charge in [0.25, 0.3) is 0 Å². The van der Waals surface area contributed by atoms with E-state index >= 15 is 0 Å². The van der Waals surface area contributed by atoms with Gasteiger partial charge in [0.2, 0.25) is 5.76 Å². The third kappa shape index (κ3) is 2.64. The lowest BCUT2D eigenvalue weighted by atomic mass is 10.2. The molecule has 0 saturated carbocycles. The summed E-state index contributed by atoms with van der Waals surface area (Å²) in [7, 11) is 1.36. The number of methoxy groups -OCH3 is 1. The quantitative estimate of drug-likeness (QED) is 0.861. The van der Waals surface area contributed by atoms with Crippen LogP contribution in [-0.4, -0.2) is 13.1 Å². The van der Waals surface area contributed by atoms with Crippen molar-refractivity contribution in [2.24, 2.45) is 0 Å². The molecule has 0 aliphatic heterocycles. The summed E-state index contributed by atoms with van der Waals surface area (Å²) in [6.07, 6.45) is 5.27. The van der Waals surface area contributed by atoms with Crippen molar-refractivity contribution < 1.29 is 13.9 Å². The Morgan fingerprint density at radius 1 is 1.45 bits per heavy atom. The normalized spacial score (nSPS) is 13.4. The second-order valence-electron chi connectivity index (χ2n) is 4.88. The maximum absolute atomic E-state index is 11.5. The zero-order chi connectivity index (χ0) is 13.9. The summed E-state index contributed by atoms with van der Waals surface area (Å²) < 4.78 is 9.84. The van der Waals surface area contributed by atoms with Crippen molar-refractivity contribution in [1.29, 1.82) is 0 Å². The average molecular weight is 291 g/mol. The average Bonchev–Trinajstić information content (AvgIpc) is 3.12. The molecule has 0 amide bonds. The summed E-state index contributed by atoms with van der Waals surface area (Å²) in [5, 5.41) is 3.35. The van der Waals surface area contributed by atoms with Gasteiger partial charge in [-0.1, -0.05) is 0 Å². The van der Waals surface area contributed by atoms with Crippen molar-refractivity contribution in [3.05, 3.63) is 45.0 Å². The third-order valence-electron chi connectivity index (χ3n) is 3.53. The largest absolute Gasteiger partial charge is 0.463 e. The number of rotatable bonds is 5. The summed E-state index contributed by atoms with van der Waals surface area (Å²) in [5.41, 5.74) is 2.35. The van der Waals surface area contributed by atoms with Gasteiger partial charge in [-0.15, -0.1) is 11.3 Å². The minimum Gasteiger partial charge on any atom is -0.463 e. The Morgan fingerprint density at radius 3 is 3.15 bits per heavy atom. The van der Waals surface area contributed by atoms with E-state index in [0.717, 1.165) is 12.1 Å². The van der Waals surface area contributed by atoms with Gasteiger partial charge in [0, 0.05) is 28.4 Å². The molecule has 1 aliphatic carbocycles. The van der Waals surface area contributed by atoms with Gasteiger partial charge >= 0.3 is 5.97 Å². The van der Waals surface area contributed by atoms with Crippen LogP contribution in [0.4, 0.5) is 0 Å². The first-order chi connectivity index (χ1) is 9.78. The van der Waals surface area contributed by atoms with Crippen molar-refractivity contribution in [2.45, 2.75) is 32.4 Å². The zero-order valence-electron chi connectivity index (χ0n) is 11.4. The number of nitrogens with one attached hydrogen (secondary N) is 1. The molecule has 1 N–H and O–H groups in total. The number of fused-ring (bicyclic) bond motifs is 1. The highest BCUT2D eigenvalue weighted by Gasteiger charge is 2.16. The molecule has 0 atom stereocenters. The van der Waals surface area contributed by atoms with E-state index in [0.29, 0.717) is 6.54 Å². The van der Waals surface area contributed by atoms with Crippen LogP contribution in [0.5, 0.6) is 0 Å². The number of aryl methyl sites for hydroxylation is 2. The van der Waals surface area contributed by atoms with Crippen LogP contribution >= 0.6 is 11.3 Å². The Bertz CT molecular complexity index is 593. The number of thiophene rings is 1. The Kier molecular flexibility index (Phi) is 3.89. The van der Waals surface area contributed by atoms with E-state index in [1.807, 2.05) is 11.3 Å². The van der Waals surface area contributed by atoms with Crippen LogP contribution in [-0.2, 0) is 30.7 Å². The monoisotopic (exact) mass is 291 g/mol. The van der Waals surface area contributed by atoms with Gasteiger partial charge in [0.1, 0.15) is 0 Å². The molecule has 0 fully saturated rings. The van der Waals surface area contributed by atoms with Crippen LogP contribution < -0.4 is 5.32 Å². The molecule has 0 unspecified atom stereocenters. The number of esters is 1. The lowest BCUT2D eigenvalue weighted by Crippen LogP contribution is -2.14. The predicted octanol–water partition coefficient (Wildman–Crippen LogP) is 2.91. The Labute approximate surface area is 121 Å². The fraction of sp³-hybridized carbons (Fsp3) is 0.400. The third-order valence-corrected chi connectivity index (χ3v) is 4.77. The summed E-state index contributed by atoms with van der Waals surface area (Å²) in [6, 6.07) is 4.10. The highest BCUT2D eigenvalue weighted by Crippen LogP contribution is 2.30. The maximum Gasteiger partial charge on any atom is 0.374 e. The van der Waals surface area contributed by atoms with Crippen molar-refractivity contribution in [3.8, 4) is 0 Å². The lowest BCUT2D eigenvalue weighted by Gasteiger charge is -2.03. The van der Waals surface area contributed by atoms with Crippen molar-refractivity contribution in [1.82, 2.24) is 5.32 Å². The zero-order valence-corrected chi connectivity index (χ0v) is 12.2. The minimum absolute atomic E-state index is 0.286. The van der Waals surface area contributed by atoms with Gasteiger partial charge in [0.05, 0.1) is 13.4 Å². The number of hydrogen-bond acceptors (Lipinski definition) is 5. The molecule has 5 heteroatoms. The van der Waals surface area contributed by atoms with Gasteiger partial charge in [-0.2, -0.15) is 0 Å². The Balaban J connectivity index is 1.57. The Morgan fingerprint density at radius 2 is 2.35 bits per heavy atom. The SMILES string of the molecule is COC(=O)c1occc1CNCc1cc2c(s1)CCC2. The number of carbonyl (C=O) groups excluding carboxylic acids is 1. The number of carbonyl (C=O) groups is 1. The van der Waals surface area contributed by atoms with E-state index in [9.17, 15) is 4.79 Å². The van der Waals surface area contributed by atoms with E-state index in [-0.39, 0.29) is 5.76 Å².